The van der Waals surface area contributed by atoms with Crippen molar-refractivity contribution in [1.82, 2.24) is 0 Å². The molecule has 0 N–H and O–H groups in total. The number of hydrogen-bond donors (Lipinski definition) is 0. The summed E-state index contributed by atoms with van der Waals surface area (Å²) in [4.78, 5) is 0. The Kier molecular flexibility index (Phi) is 2.05. The number of hydrogen-bond acceptors (Lipinski definition) is 0. The summed E-state index contributed by atoms with van der Waals surface area (Å²) in [6, 6.07) is 0. The molecule has 2 aliphatic carbocycles. The van der Waals surface area contributed by atoms with Crippen LogP contribution in [0.15, 0.2) is 12.7 Å². The van der Waals surface area contributed by atoms with E-state index in [0.29, 0.717) is 5.41 Å². The van der Waals surface area contributed by atoms with Crippen molar-refractivity contribution < 1.29 is 0 Å². The zero-order valence-corrected chi connectivity index (χ0v) is 9.22. The molecular weight excluding hydrogens is 156 g/mol. The molecule has 74 valence electrons. The lowest BCUT2D eigenvalue weighted by atomic mass is 9.51. The summed E-state index contributed by atoms with van der Waals surface area (Å²) in [5.41, 5.74) is 0.674. The summed E-state index contributed by atoms with van der Waals surface area (Å²) in [5, 5.41) is 0. The van der Waals surface area contributed by atoms with Gasteiger partial charge in [0.1, 0.15) is 0 Å². The maximum absolute atomic E-state index is 3.96. The summed E-state index contributed by atoms with van der Waals surface area (Å²) in [7, 11) is 0. The molecule has 0 nitrogen and oxygen atoms in total. The zero-order valence-electron chi connectivity index (χ0n) is 9.22. The molecule has 2 rings (SSSR count). The third kappa shape index (κ3) is 1.11. The van der Waals surface area contributed by atoms with E-state index in [1.54, 1.807) is 0 Å². The van der Waals surface area contributed by atoms with Crippen LogP contribution in [0, 0.1) is 29.1 Å². The minimum absolute atomic E-state index is 0.674. The monoisotopic (exact) mass is 178 g/mol. The fourth-order valence-corrected chi connectivity index (χ4v) is 3.96. The van der Waals surface area contributed by atoms with Gasteiger partial charge in [-0.15, -0.1) is 6.58 Å². The quantitative estimate of drug-likeness (QED) is 0.563. The molecule has 2 fully saturated rings. The Labute approximate surface area is 82.4 Å². The second-order valence-corrected chi connectivity index (χ2v) is 5.64. The van der Waals surface area contributed by atoms with E-state index in [1.807, 2.05) is 0 Å². The molecule has 0 amide bonds. The topological polar surface area (TPSA) is 0 Å². The standard InChI is InChI=1S/C13H22/c1-5-10-6-7-13(4)11(9(2)3)8-12(10)13/h5,9-12H,1,6-8H2,2-4H3. The normalized spacial score (nSPS) is 48.8. The molecule has 0 spiro atoms. The van der Waals surface area contributed by atoms with Crippen LogP contribution in [0.2, 0.25) is 0 Å². The molecule has 0 aromatic heterocycles. The van der Waals surface area contributed by atoms with Crippen molar-refractivity contribution in [3.63, 3.8) is 0 Å². The lowest BCUT2D eigenvalue weighted by molar-refractivity contribution is -0.0492. The van der Waals surface area contributed by atoms with Gasteiger partial charge in [0, 0.05) is 0 Å². The largest absolute Gasteiger partial charge is 0.103 e. The summed E-state index contributed by atoms with van der Waals surface area (Å²) >= 11 is 0. The van der Waals surface area contributed by atoms with E-state index in [2.05, 4.69) is 33.4 Å². The minimum atomic E-state index is 0.674. The predicted molar refractivity (Wildman–Crippen MR) is 57.5 cm³/mol. The molecule has 0 aromatic carbocycles. The van der Waals surface area contributed by atoms with Crippen LogP contribution in [0.5, 0.6) is 0 Å². The highest BCUT2D eigenvalue weighted by atomic mass is 14.6. The summed E-state index contributed by atoms with van der Waals surface area (Å²) in [6.45, 7) is 11.2. The second kappa shape index (κ2) is 2.87. The smallest absolute Gasteiger partial charge is 0.0202 e. The Morgan fingerprint density at radius 1 is 1.46 bits per heavy atom. The Hall–Kier alpha value is -0.260. The van der Waals surface area contributed by atoms with E-state index in [9.17, 15) is 0 Å². The van der Waals surface area contributed by atoms with Crippen LogP contribution in [0.1, 0.15) is 40.0 Å². The Morgan fingerprint density at radius 3 is 2.69 bits per heavy atom. The van der Waals surface area contributed by atoms with Gasteiger partial charge in [0.2, 0.25) is 0 Å². The van der Waals surface area contributed by atoms with Gasteiger partial charge in [-0.05, 0) is 48.3 Å². The van der Waals surface area contributed by atoms with E-state index in [4.69, 9.17) is 0 Å². The molecular formula is C13H22. The van der Waals surface area contributed by atoms with Gasteiger partial charge in [-0.25, -0.2) is 0 Å². The third-order valence-electron chi connectivity index (χ3n) is 4.84. The van der Waals surface area contributed by atoms with Gasteiger partial charge in [-0.1, -0.05) is 26.8 Å². The fraction of sp³-hybridized carbons (Fsp3) is 0.846. The van der Waals surface area contributed by atoms with Gasteiger partial charge in [-0.2, -0.15) is 0 Å². The maximum Gasteiger partial charge on any atom is -0.0202 e. The first-order chi connectivity index (χ1) is 6.09. The van der Waals surface area contributed by atoms with Crippen molar-refractivity contribution in [3.05, 3.63) is 12.7 Å². The molecule has 0 radical (unpaired) electrons. The van der Waals surface area contributed by atoms with Crippen LogP contribution in [0.4, 0.5) is 0 Å². The van der Waals surface area contributed by atoms with Gasteiger partial charge in [-0.3, -0.25) is 0 Å². The van der Waals surface area contributed by atoms with Gasteiger partial charge in [0.05, 0.1) is 0 Å². The van der Waals surface area contributed by atoms with E-state index in [0.717, 1.165) is 23.7 Å². The van der Waals surface area contributed by atoms with Crippen LogP contribution in [0.25, 0.3) is 0 Å². The van der Waals surface area contributed by atoms with Gasteiger partial charge < -0.3 is 0 Å². The van der Waals surface area contributed by atoms with Crippen LogP contribution >= 0.6 is 0 Å². The summed E-state index contributed by atoms with van der Waals surface area (Å²) < 4.78 is 0. The molecule has 0 aliphatic heterocycles. The van der Waals surface area contributed by atoms with Crippen LogP contribution < -0.4 is 0 Å². The van der Waals surface area contributed by atoms with Gasteiger partial charge in [0.25, 0.3) is 0 Å². The second-order valence-electron chi connectivity index (χ2n) is 5.64. The third-order valence-corrected chi connectivity index (χ3v) is 4.84. The molecule has 4 unspecified atom stereocenters. The van der Waals surface area contributed by atoms with Crippen molar-refractivity contribution in [2.45, 2.75) is 40.0 Å². The van der Waals surface area contributed by atoms with E-state index >= 15 is 0 Å². The highest BCUT2D eigenvalue weighted by molar-refractivity contribution is 5.10. The minimum Gasteiger partial charge on any atom is -0.103 e. The Morgan fingerprint density at radius 2 is 2.15 bits per heavy atom. The van der Waals surface area contributed by atoms with Crippen LogP contribution in [-0.2, 0) is 0 Å². The molecule has 0 bridgehead atoms. The van der Waals surface area contributed by atoms with Crippen LogP contribution in [0.3, 0.4) is 0 Å². The molecule has 0 aromatic rings. The summed E-state index contributed by atoms with van der Waals surface area (Å²) in [5.74, 6) is 3.67. The Balaban J connectivity index is 2.11. The fourth-order valence-electron chi connectivity index (χ4n) is 3.96. The first-order valence-electron chi connectivity index (χ1n) is 5.72. The van der Waals surface area contributed by atoms with Gasteiger partial charge >= 0.3 is 0 Å². The maximum atomic E-state index is 3.96. The van der Waals surface area contributed by atoms with Crippen molar-refractivity contribution in [2.75, 3.05) is 0 Å². The molecule has 2 aliphatic rings. The summed E-state index contributed by atoms with van der Waals surface area (Å²) in [6.07, 6.45) is 6.50. The molecule has 13 heavy (non-hydrogen) atoms. The van der Waals surface area contributed by atoms with Crippen molar-refractivity contribution >= 4 is 0 Å². The van der Waals surface area contributed by atoms with Gasteiger partial charge in [0.15, 0.2) is 0 Å². The van der Waals surface area contributed by atoms with Crippen LogP contribution in [-0.4, -0.2) is 0 Å². The SMILES string of the molecule is C=CC1CCC2(C)C(C(C)C)CC12. The zero-order chi connectivity index (χ0) is 9.64. The molecule has 0 heteroatoms. The van der Waals surface area contributed by atoms with Crippen molar-refractivity contribution in [1.29, 1.82) is 0 Å². The predicted octanol–water partition coefficient (Wildman–Crippen LogP) is 3.88. The average molecular weight is 178 g/mol. The van der Waals surface area contributed by atoms with E-state index in [-0.39, 0.29) is 0 Å². The average Bonchev–Trinajstić information content (AvgIpc) is 2.28. The lowest BCUT2D eigenvalue weighted by Gasteiger charge is -2.54. The number of fused-ring (bicyclic) bond motifs is 1. The van der Waals surface area contributed by atoms with Crippen molar-refractivity contribution in [3.8, 4) is 0 Å². The van der Waals surface area contributed by atoms with Crippen molar-refractivity contribution in [2.24, 2.45) is 29.1 Å². The molecule has 2 saturated carbocycles. The lowest BCUT2D eigenvalue weighted by Crippen LogP contribution is -2.47. The molecule has 0 saturated heterocycles. The molecule has 4 atom stereocenters. The highest BCUT2D eigenvalue weighted by Crippen LogP contribution is 2.65. The first kappa shape index (κ1) is 9.30. The highest BCUT2D eigenvalue weighted by Gasteiger charge is 2.57. The Bertz CT molecular complexity index is 216. The number of allylic oxidation sites excluding steroid dienone is 1. The van der Waals surface area contributed by atoms with E-state index in [1.165, 1.54) is 19.3 Å². The first-order valence-corrected chi connectivity index (χ1v) is 5.72. The number of rotatable bonds is 2. The molecule has 0 heterocycles. The van der Waals surface area contributed by atoms with E-state index < -0.39 is 0 Å².